The maximum Gasteiger partial charge on any atom is 0.321 e. The van der Waals surface area contributed by atoms with E-state index in [1.54, 1.807) is 32.2 Å². The van der Waals surface area contributed by atoms with Crippen molar-refractivity contribution in [1.82, 2.24) is 10.6 Å². The van der Waals surface area contributed by atoms with E-state index in [1.807, 2.05) is 20.8 Å². The van der Waals surface area contributed by atoms with Crippen LogP contribution in [0.1, 0.15) is 27.7 Å². The molecule has 0 aromatic heterocycles. The number of urea groups is 1. The van der Waals surface area contributed by atoms with Crippen LogP contribution in [-0.2, 0) is 4.79 Å². The highest BCUT2D eigenvalue weighted by Crippen LogP contribution is 2.29. The summed E-state index contributed by atoms with van der Waals surface area (Å²) < 4.78 is 10.4. The molecule has 7 heteroatoms. The van der Waals surface area contributed by atoms with Gasteiger partial charge in [0.1, 0.15) is 17.5 Å². The molecule has 1 atom stereocenters. The highest BCUT2D eigenvalue weighted by atomic mass is 16.5. The molecule has 0 saturated heterocycles. The van der Waals surface area contributed by atoms with Crippen LogP contribution in [0.4, 0.5) is 10.5 Å². The summed E-state index contributed by atoms with van der Waals surface area (Å²) in [7, 11) is 3.09. The summed E-state index contributed by atoms with van der Waals surface area (Å²) in [6.45, 7) is 7.16. The second kappa shape index (κ2) is 7.71. The van der Waals surface area contributed by atoms with Crippen LogP contribution in [0, 0.1) is 0 Å². The van der Waals surface area contributed by atoms with E-state index in [9.17, 15) is 9.59 Å². The zero-order valence-corrected chi connectivity index (χ0v) is 14.4. The molecule has 3 N–H and O–H groups in total. The largest absolute Gasteiger partial charge is 0.497 e. The minimum atomic E-state index is -0.622. The van der Waals surface area contributed by atoms with E-state index < -0.39 is 23.5 Å². The van der Waals surface area contributed by atoms with Gasteiger partial charge in [0.05, 0.1) is 19.9 Å². The van der Waals surface area contributed by atoms with Gasteiger partial charge >= 0.3 is 6.03 Å². The summed E-state index contributed by atoms with van der Waals surface area (Å²) in [6, 6.07) is 4.05. The maximum atomic E-state index is 12.1. The molecule has 0 spiro atoms. The first kappa shape index (κ1) is 18.6. The number of methoxy groups -OCH3 is 2. The van der Waals surface area contributed by atoms with E-state index in [1.165, 1.54) is 7.11 Å². The molecule has 23 heavy (non-hydrogen) atoms. The average molecular weight is 323 g/mol. The topological polar surface area (TPSA) is 88.7 Å². The van der Waals surface area contributed by atoms with Crippen molar-refractivity contribution < 1.29 is 19.1 Å². The first-order valence-corrected chi connectivity index (χ1v) is 7.28. The number of rotatable bonds is 5. The van der Waals surface area contributed by atoms with Crippen LogP contribution < -0.4 is 25.4 Å². The fourth-order valence-corrected chi connectivity index (χ4v) is 1.81. The number of hydrogen-bond acceptors (Lipinski definition) is 5. The van der Waals surface area contributed by atoms with Crippen LogP contribution in [0.2, 0.25) is 0 Å². The summed E-state index contributed by atoms with van der Waals surface area (Å²) in [6.07, 6.45) is 0. The zero-order valence-electron chi connectivity index (χ0n) is 14.4. The molecule has 1 rings (SSSR count). The number of imide groups is 1. The fraction of sp³-hybridized carbons (Fsp3) is 0.500. The van der Waals surface area contributed by atoms with Crippen molar-refractivity contribution >= 4 is 17.6 Å². The lowest BCUT2D eigenvalue weighted by Crippen LogP contribution is -2.51. The molecule has 0 aliphatic heterocycles. The van der Waals surface area contributed by atoms with Gasteiger partial charge in [0, 0.05) is 11.6 Å². The van der Waals surface area contributed by atoms with Gasteiger partial charge in [0.25, 0.3) is 0 Å². The van der Waals surface area contributed by atoms with Gasteiger partial charge in [-0.15, -0.1) is 0 Å². The lowest BCUT2D eigenvalue weighted by atomic mass is 10.1. The Kier molecular flexibility index (Phi) is 6.24. The van der Waals surface area contributed by atoms with Gasteiger partial charge in [0.2, 0.25) is 5.91 Å². The monoisotopic (exact) mass is 323 g/mol. The number of anilines is 1. The Hall–Kier alpha value is -2.44. The van der Waals surface area contributed by atoms with Crippen molar-refractivity contribution in [2.24, 2.45) is 0 Å². The van der Waals surface area contributed by atoms with Gasteiger partial charge in [-0.3, -0.25) is 10.1 Å². The molecular weight excluding hydrogens is 298 g/mol. The van der Waals surface area contributed by atoms with Crippen LogP contribution in [-0.4, -0.2) is 37.7 Å². The highest BCUT2D eigenvalue weighted by Gasteiger charge is 2.20. The number of hydrogen-bond donors (Lipinski definition) is 3. The summed E-state index contributed by atoms with van der Waals surface area (Å²) in [5, 5.41) is 7.97. The van der Waals surface area contributed by atoms with Crippen LogP contribution in [0.25, 0.3) is 0 Å². The number of nitrogens with one attached hydrogen (secondary N) is 3. The van der Waals surface area contributed by atoms with E-state index in [2.05, 4.69) is 16.0 Å². The Labute approximate surface area is 136 Å². The van der Waals surface area contributed by atoms with Gasteiger partial charge in [-0.2, -0.15) is 0 Å². The van der Waals surface area contributed by atoms with Crippen molar-refractivity contribution in [2.75, 3.05) is 19.5 Å². The average Bonchev–Trinajstić information content (AvgIpc) is 2.45. The van der Waals surface area contributed by atoms with Gasteiger partial charge in [0.15, 0.2) is 0 Å². The molecule has 1 aromatic rings. The Bertz CT molecular complexity index is 567. The molecule has 0 saturated carbocycles. The van der Waals surface area contributed by atoms with Crippen molar-refractivity contribution in [3.63, 3.8) is 0 Å². The van der Waals surface area contributed by atoms with E-state index in [-0.39, 0.29) is 0 Å². The Morgan fingerprint density at radius 2 is 1.78 bits per heavy atom. The predicted molar refractivity (Wildman–Crippen MR) is 89.1 cm³/mol. The Balaban J connectivity index is 2.70. The Morgan fingerprint density at radius 3 is 2.30 bits per heavy atom. The molecule has 0 unspecified atom stereocenters. The Morgan fingerprint density at radius 1 is 1.13 bits per heavy atom. The third kappa shape index (κ3) is 6.06. The van der Waals surface area contributed by atoms with Crippen LogP contribution in [0.5, 0.6) is 11.5 Å². The van der Waals surface area contributed by atoms with Crippen molar-refractivity contribution in [3.05, 3.63) is 18.2 Å². The summed E-state index contributed by atoms with van der Waals surface area (Å²) in [4.78, 5) is 23.8. The van der Waals surface area contributed by atoms with Gasteiger partial charge in [-0.05, 0) is 39.8 Å². The molecule has 7 nitrogen and oxygen atoms in total. The first-order valence-electron chi connectivity index (χ1n) is 7.28. The molecule has 0 radical (unpaired) electrons. The smallest absolute Gasteiger partial charge is 0.321 e. The fourth-order valence-electron chi connectivity index (χ4n) is 1.81. The third-order valence-corrected chi connectivity index (χ3v) is 2.90. The van der Waals surface area contributed by atoms with Crippen LogP contribution in [0.15, 0.2) is 18.2 Å². The SMILES string of the molecule is COc1ccc(N[C@@H](C)C(=O)NC(=O)NC(C)(C)C)c(OC)c1. The molecule has 0 heterocycles. The number of amides is 3. The lowest BCUT2D eigenvalue weighted by Gasteiger charge is -2.22. The van der Waals surface area contributed by atoms with E-state index >= 15 is 0 Å². The quantitative estimate of drug-likeness (QED) is 0.772. The molecule has 0 aliphatic carbocycles. The van der Waals surface area contributed by atoms with E-state index in [4.69, 9.17) is 9.47 Å². The minimum Gasteiger partial charge on any atom is -0.497 e. The second-order valence-electron chi connectivity index (χ2n) is 6.13. The second-order valence-corrected chi connectivity index (χ2v) is 6.13. The normalized spacial score (nSPS) is 12.1. The molecular formula is C16H25N3O4. The van der Waals surface area contributed by atoms with Gasteiger partial charge in [-0.1, -0.05) is 0 Å². The van der Waals surface area contributed by atoms with Crippen molar-refractivity contribution in [1.29, 1.82) is 0 Å². The van der Waals surface area contributed by atoms with Crippen LogP contribution in [0.3, 0.4) is 0 Å². The van der Waals surface area contributed by atoms with Gasteiger partial charge in [-0.25, -0.2) is 4.79 Å². The molecule has 0 fully saturated rings. The summed E-state index contributed by atoms with van der Waals surface area (Å²) >= 11 is 0. The third-order valence-electron chi connectivity index (χ3n) is 2.90. The number of ether oxygens (including phenoxy) is 2. The standard InChI is InChI=1S/C16H25N3O4/c1-10(14(20)18-15(21)19-16(2,3)4)17-12-8-7-11(22-5)9-13(12)23-6/h7-10,17H,1-6H3,(H2,18,19,20,21)/t10-/m0/s1. The maximum absolute atomic E-state index is 12.1. The van der Waals surface area contributed by atoms with E-state index in [0.717, 1.165) is 0 Å². The van der Waals surface area contributed by atoms with E-state index in [0.29, 0.717) is 17.2 Å². The number of carbonyl (C=O) groups is 2. The molecule has 0 aliphatic rings. The first-order chi connectivity index (χ1) is 10.7. The molecule has 1 aromatic carbocycles. The molecule has 3 amide bonds. The van der Waals surface area contributed by atoms with Crippen LogP contribution >= 0.6 is 0 Å². The summed E-state index contributed by atoms with van der Waals surface area (Å²) in [5.74, 6) is 0.752. The van der Waals surface area contributed by atoms with Crippen molar-refractivity contribution in [2.45, 2.75) is 39.3 Å². The highest BCUT2D eigenvalue weighted by molar-refractivity contribution is 5.98. The minimum absolute atomic E-state index is 0.416. The number of benzene rings is 1. The van der Waals surface area contributed by atoms with Crippen molar-refractivity contribution in [3.8, 4) is 11.5 Å². The van der Waals surface area contributed by atoms with Gasteiger partial charge < -0.3 is 20.1 Å². The summed E-state index contributed by atoms with van der Waals surface area (Å²) in [5.41, 5.74) is 0.215. The molecule has 0 bridgehead atoms. The predicted octanol–water partition coefficient (Wildman–Crippen LogP) is 2.13. The number of carbonyl (C=O) groups excluding carboxylic acids is 2. The zero-order chi connectivity index (χ0) is 17.6. The lowest BCUT2D eigenvalue weighted by molar-refractivity contribution is -0.120. The molecule has 128 valence electrons.